The van der Waals surface area contributed by atoms with E-state index >= 15 is 0 Å². The Labute approximate surface area is 83.3 Å². The number of thiol groups is 1. The summed E-state index contributed by atoms with van der Waals surface area (Å²) >= 11 is 4.03. The summed E-state index contributed by atoms with van der Waals surface area (Å²) in [5, 5.41) is 0. The van der Waals surface area contributed by atoms with E-state index in [1.54, 1.807) is 9.80 Å². The van der Waals surface area contributed by atoms with Crippen LogP contribution < -0.4 is 0 Å². The van der Waals surface area contributed by atoms with Gasteiger partial charge in [-0.1, -0.05) is 0 Å². The molecule has 0 atom stereocenters. The van der Waals surface area contributed by atoms with E-state index in [-0.39, 0.29) is 24.9 Å². The van der Waals surface area contributed by atoms with Gasteiger partial charge in [-0.3, -0.25) is 9.59 Å². The topological polar surface area (TPSA) is 40.6 Å². The van der Waals surface area contributed by atoms with Crippen LogP contribution in [0.2, 0.25) is 0 Å². The first-order chi connectivity index (χ1) is 6.19. The van der Waals surface area contributed by atoms with Crippen molar-refractivity contribution < 1.29 is 9.59 Å². The van der Waals surface area contributed by atoms with Gasteiger partial charge >= 0.3 is 0 Å². The van der Waals surface area contributed by atoms with Crippen molar-refractivity contribution in [3.63, 3.8) is 0 Å². The van der Waals surface area contributed by atoms with E-state index in [0.29, 0.717) is 18.8 Å². The van der Waals surface area contributed by atoms with Gasteiger partial charge in [0.05, 0.1) is 13.1 Å². The Balaban J connectivity index is 2.56. The molecular formula is C8H14N2O2S. The Morgan fingerprint density at radius 2 is 1.77 bits per heavy atom. The highest BCUT2D eigenvalue weighted by Gasteiger charge is 2.27. The number of nitrogens with zero attached hydrogens (tertiary/aromatic N) is 2. The molecule has 13 heavy (non-hydrogen) atoms. The van der Waals surface area contributed by atoms with Crippen molar-refractivity contribution >= 4 is 24.4 Å². The second-order valence-corrected chi connectivity index (χ2v) is 3.39. The van der Waals surface area contributed by atoms with Crippen LogP contribution in [0.5, 0.6) is 0 Å². The summed E-state index contributed by atoms with van der Waals surface area (Å²) in [5.41, 5.74) is 0. The van der Waals surface area contributed by atoms with Gasteiger partial charge in [-0.15, -0.1) is 0 Å². The highest BCUT2D eigenvalue weighted by molar-refractivity contribution is 7.80. The number of carbonyl (C=O) groups excluding carboxylic acids is 2. The molecule has 1 heterocycles. The molecule has 1 aliphatic rings. The average molecular weight is 202 g/mol. The van der Waals surface area contributed by atoms with Crippen LogP contribution in [0.4, 0.5) is 0 Å². The van der Waals surface area contributed by atoms with Gasteiger partial charge in [-0.25, -0.2) is 0 Å². The Kier molecular flexibility index (Phi) is 3.59. The number of amides is 2. The van der Waals surface area contributed by atoms with E-state index in [9.17, 15) is 9.59 Å². The summed E-state index contributed by atoms with van der Waals surface area (Å²) in [6, 6.07) is 0. The number of hydrogen-bond acceptors (Lipinski definition) is 3. The maximum Gasteiger partial charge on any atom is 0.242 e. The lowest BCUT2D eigenvalue weighted by Crippen LogP contribution is -2.53. The number of rotatable bonds is 3. The van der Waals surface area contributed by atoms with E-state index in [1.165, 1.54) is 0 Å². The fourth-order valence-electron chi connectivity index (χ4n) is 1.32. The Bertz CT molecular complexity index is 220. The molecule has 0 aliphatic carbocycles. The van der Waals surface area contributed by atoms with Gasteiger partial charge in [0.1, 0.15) is 0 Å². The van der Waals surface area contributed by atoms with Gasteiger partial charge in [0.25, 0.3) is 0 Å². The number of carbonyl (C=O) groups is 2. The fraction of sp³-hybridized carbons (Fsp3) is 0.750. The van der Waals surface area contributed by atoms with Crippen LogP contribution in [0, 0.1) is 0 Å². The Hall–Kier alpha value is -0.710. The Morgan fingerprint density at radius 3 is 2.31 bits per heavy atom. The summed E-state index contributed by atoms with van der Waals surface area (Å²) < 4.78 is 0. The van der Waals surface area contributed by atoms with Crippen molar-refractivity contribution in [1.29, 1.82) is 0 Å². The van der Waals surface area contributed by atoms with Crippen molar-refractivity contribution in [2.75, 3.05) is 31.9 Å². The van der Waals surface area contributed by atoms with Crippen molar-refractivity contribution in [2.24, 2.45) is 0 Å². The van der Waals surface area contributed by atoms with Crippen molar-refractivity contribution in [1.82, 2.24) is 9.80 Å². The molecule has 1 rings (SSSR count). The zero-order valence-electron chi connectivity index (χ0n) is 7.69. The molecule has 0 unspecified atom stereocenters. The molecule has 0 aromatic heterocycles. The van der Waals surface area contributed by atoms with E-state index in [2.05, 4.69) is 12.6 Å². The summed E-state index contributed by atoms with van der Waals surface area (Å²) in [6.45, 7) is 3.49. The predicted molar refractivity (Wildman–Crippen MR) is 52.7 cm³/mol. The third-order valence-corrected chi connectivity index (χ3v) is 2.31. The second-order valence-electron chi connectivity index (χ2n) is 2.95. The SMILES string of the molecule is CCN1CC(=O)N(CCS)CC1=O. The van der Waals surface area contributed by atoms with E-state index in [0.717, 1.165) is 0 Å². The lowest BCUT2D eigenvalue weighted by molar-refractivity contribution is -0.149. The molecule has 0 radical (unpaired) electrons. The van der Waals surface area contributed by atoms with Crippen LogP contribution in [-0.2, 0) is 9.59 Å². The van der Waals surface area contributed by atoms with Crippen LogP contribution in [0.3, 0.4) is 0 Å². The maximum atomic E-state index is 11.4. The molecular weight excluding hydrogens is 188 g/mol. The molecule has 0 aromatic rings. The van der Waals surface area contributed by atoms with Gasteiger partial charge in [0.15, 0.2) is 0 Å². The molecule has 0 bridgehead atoms. The molecule has 0 spiro atoms. The van der Waals surface area contributed by atoms with Crippen LogP contribution in [-0.4, -0.2) is 53.5 Å². The molecule has 1 saturated heterocycles. The monoisotopic (exact) mass is 202 g/mol. The minimum atomic E-state index is 0.0236. The summed E-state index contributed by atoms with van der Waals surface area (Å²) in [7, 11) is 0. The second kappa shape index (κ2) is 4.50. The summed E-state index contributed by atoms with van der Waals surface area (Å²) in [6.07, 6.45) is 0. The molecule has 0 aromatic carbocycles. The smallest absolute Gasteiger partial charge is 0.242 e. The molecule has 74 valence electrons. The maximum absolute atomic E-state index is 11.4. The quantitative estimate of drug-likeness (QED) is 0.633. The molecule has 1 aliphatic heterocycles. The summed E-state index contributed by atoms with van der Waals surface area (Å²) in [4.78, 5) is 25.9. The van der Waals surface area contributed by atoms with E-state index in [1.807, 2.05) is 6.92 Å². The first kappa shape index (κ1) is 10.4. The minimum Gasteiger partial charge on any atom is -0.332 e. The van der Waals surface area contributed by atoms with Crippen LogP contribution in [0.15, 0.2) is 0 Å². The minimum absolute atomic E-state index is 0.0236. The zero-order chi connectivity index (χ0) is 9.84. The number of piperazine rings is 1. The molecule has 5 heteroatoms. The molecule has 0 saturated carbocycles. The van der Waals surface area contributed by atoms with Crippen LogP contribution in [0.25, 0.3) is 0 Å². The standard InChI is InChI=1S/C8H14N2O2S/c1-2-9-5-8(12)10(3-4-13)6-7(9)11/h13H,2-6H2,1H3. The first-order valence-electron chi connectivity index (χ1n) is 4.35. The normalized spacial score (nSPS) is 18.3. The third-order valence-electron chi connectivity index (χ3n) is 2.11. The number of hydrogen-bond donors (Lipinski definition) is 1. The van der Waals surface area contributed by atoms with E-state index < -0.39 is 0 Å². The Morgan fingerprint density at radius 1 is 1.23 bits per heavy atom. The number of likely N-dealkylation sites (N-methyl/N-ethyl adjacent to an activating group) is 1. The molecule has 4 nitrogen and oxygen atoms in total. The van der Waals surface area contributed by atoms with Crippen LogP contribution in [0.1, 0.15) is 6.92 Å². The van der Waals surface area contributed by atoms with Gasteiger partial charge in [0, 0.05) is 18.8 Å². The largest absolute Gasteiger partial charge is 0.332 e. The zero-order valence-corrected chi connectivity index (χ0v) is 8.59. The fourth-order valence-corrected chi connectivity index (χ4v) is 1.56. The lowest BCUT2D eigenvalue weighted by atomic mass is 10.3. The predicted octanol–water partition coefficient (Wildman–Crippen LogP) is -0.393. The third kappa shape index (κ3) is 2.37. The molecule has 2 amide bonds. The lowest BCUT2D eigenvalue weighted by Gasteiger charge is -2.32. The highest BCUT2D eigenvalue weighted by atomic mass is 32.1. The van der Waals surface area contributed by atoms with Gasteiger partial charge in [-0.2, -0.15) is 12.6 Å². The molecule has 0 N–H and O–H groups in total. The van der Waals surface area contributed by atoms with Crippen molar-refractivity contribution in [3.8, 4) is 0 Å². The van der Waals surface area contributed by atoms with Crippen molar-refractivity contribution in [3.05, 3.63) is 0 Å². The van der Waals surface area contributed by atoms with Crippen molar-refractivity contribution in [2.45, 2.75) is 6.92 Å². The highest BCUT2D eigenvalue weighted by Crippen LogP contribution is 2.04. The van der Waals surface area contributed by atoms with Crippen LogP contribution >= 0.6 is 12.6 Å². The van der Waals surface area contributed by atoms with Gasteiger partial charge in [0.2, 0.25) is 11.8 Å². The van der Waals surface area contributed by atoms with Gasteiger partial charge < -0.3 is 9.80 Å². The average Bonchev–Trinajstić information content (AvgIpc) is 2.11. The summed E-state index contributed by atoms with van der Waals surface area (Å²) in [5.74, 6) is 0.657. The first-order valence-corrected chi connectivity index (χ1v) is 4.98. The van der Waals surface area contributed by atoms with Gasteiger partial charge in [-0.05, 0) is 6.92 Å². The molecule has 1 fully saturated rings. The van der Waals surface area contributed by atoms with E-state index in [4.69, 9.17) is 0 Å².